The molecule has 5 atom stereocenters. The van der Waals surface area contributed by atoms with E-state index in [0.29, 0.717) is 0 Å². The zero-order valence-electron chi connectivity index (χ0n) is 19.3. The van der Waals surface area contributed by atoms with Crippen LogP contribution >= 0.6 is 23.5 Å². The predicted molar refractivity (Wildman–Crippen MR) is 125 cm³/mol. The van der Waals surface area contributed by atoms with E-state index in [1.807, 2.05) is 0 Å². The van der Waals surface area contributed by atoms with Crippen LogP contribution in [0, 0.1) is 0 Å². The highest BCUT2D eigenvalue weighted by atomic mass is 31.3. The van der Waals surface area contributed by atoms with Gasteiger partial charge in [0.1, 0.15) is 12.3 Å². The quantitative estimate of drug-likeness (QED) is 0.0853. The molecule has 7 N–H and O–H groups in total. The normalized spacial score (nSPS) is 24.2. The van der Waals surface area contributed by atoms with Gasteiger partial charge < -0.3 is 39.3 Å². The minimum Gasteiger partial charge on any atom is -0.369 e. The van der Waals surface area contributed by atoms with Crippen LogP contribution in [0.5, 0.6) is 0 Å². The molecule has 1 aliphatic heterocycles. The number of phosphoric ester groups is 1. The lowest BCUT2D eigenvalue weighted by Gasteiger charge is -2.26. The van der Waals surface area contributed by atoms with Crippen LogP contribution in [0.1, 0.15) is 19.6 Å². The fourth-order valence-corrected chi connectivity index (χ4v) is 6.46. The summed E-state index contributed by atoms with van der Waals surface area (Å²) >= 11 is 0. The molecule has 0 saturated carbocycles. The Hall–Kier alpha value is -2.83. The van der Waals surface area contributed by atoms with Gasteiger partial charge in [-0.15, -0.1) is 0 Å². The molecule has 3 rings (SSSR count). The van der Waals surface area contributed by atoms with Crippen LogP contribution in [0.3, 0.4) is 0 Å². The first kappa shape index (κ1) is 30.7. The number of nitrogens with one attached hydrogen (secondary N) is 1. The largest absolute Gasteiger partial charge is 0.490 e. The maximum atomic E-state index is 12.2. The van der Waals surface area contributed by atoms with Crippen LogP contribution in [-0.4, -0.2) is 58.8 Å². The number of H-pyrrole nitrogens is 1. The van der Waals surface area contributed by atoms with E-state index in [1.54, 1.807) is 0 Å². The number of rotatable bonds is 12. The number of hydrogen-bond donors (Lipinski definition) is 6. The number of nitrogens with two attached hydrogens (primary N) is 1. The van der Waals surface area contributed by atoms with Crippen molar-refractivity contribution < 1.29 is 55.9 Å². The molecule has 0 radical (unpaired) electrons. The summed E-state index contributed by atoms with van der Waals surface area (Å²) in [5.74, 6) is -2.39. The predicted octanol–water partition coefficient (Wildman–Crippen LogP) is 1.62. The van der Waals surface area contributed by atoms with Crippen LogP contribution in [0.25, 0.3) is 31.9 Å². The zero-order valence-corrected chi connectivity index (χ0v) is 21.9. The van der Waals surface area contributed by atoms with E-state index in [0.717, 1.165) is 6.92 Å². The summed E-state index contributed by atoms with van der Waals surface area (Å²) in [6.45, 7) is 0.134. The van der Waals surface area contributed by atoms with Gasteiger partial charge in [0.25, 0.3) is 5.56 Å². The van der Waals surface area contributed by atoms with Gasteiger partial charge in [-0.25, -0.2) is 13.7 Å². The van der Waals surface area contributed by atoms with Gasteiger partial charge in [0.05, 0.1) is 18.1 Å². The molecule has 2 aromatic rings. The van der Waals surface area contributed by atoms with E-state index in [1.165, 1.54) is 16.8 Å². The average molecular weight is 616 g/mol. The summed E-state index contributed by atoms with van der Waals surface area (Å²) in [6.07, 6.45) is -2.45. The fourth-order valence-electron chi connectivity index (χ4n) is 3.43. The number of azide groups is 1. The van der Waals surface area contributed by atoms with Crippen LogP contribution in [0.15, 0.2) is 27.3 Å². The SMILES string of the molecule is CC(N=[N+]=[N-])(N=[N+]=[N-])O[C@@H]1C[C@H](n2ccc3c(=O)[nH]c(N)nc32)O[C@@H]1COP(=O)(O)OP(=O)(O)OP(=O)(O)O. The van der Waals surface area contributed by atoms with E-state index in [9.17, 15) is 28.3 Å². The number of aromatic amines is 1. The van der Waals surface area contributed by atoms with Gasteiger partial charge in [-0.1, -0.05) is 10.2 Å². The summed E-state index contributed by atoms with van der Waals surface area (Å²) in [6, 6.07) is 1.39. The van der Waals surface area contributed by atoms with Crippen molar-refractivity contribution in [1.29, 1.82) is 0 Å². The van der Waals surface area contributed by atoms with Crippen molar-refractivity contribution in [3.8, 4) is 0 Å². The Morgan fingerprint density at radius 1 is 1.23 bits per heavy atom. The van der Waals surface area contributed by atoms with Crippen molar-refractivity contribution in [2.75, 3.05) is 12.3 Å². The third-order valence-electron chi connectivity index (χ3n) is 4.74. The molecule has 23 nitrogen and oxygen atoms in total. The second-order valence-electron chi connectivity index (χ2n) is 7.63. The Morgan fingerprint density at radius 3 is 2.46 bits per heavy atom. The fraction of sp³-hybridized carbons (Fsp3) is 0.538. The van der Waals surface area contributed by atoms with Crippen molar-refractivity contribution >= 4 is 40.4 Å². The Balaban J connectivity index is 1.89. The first-order valence-electron chi connectivity index (χ1n) is 10.1. The lowest BCUT2D eigenvalue weighted by atomic mass is 10.2. The van der Waals surface area contributed by atoms with Crippen LogP contribution in [-0.2, 0) is 36.3 Å². The smallest absolute Gasteiger partial charge is 0.369 e. The van der Waals surface area contributed by atoms with Crippen molar-refractivity contribution in [2.45, 2.75) is 37.6 Å². The van der Waals surface area contributed by atoms with Crippen LogP contribution < -0.4 is 11.3 Å². The molecule has 0 bridgehead atoms. The molecular weight excluding hydrogens is 597 g/mol. The molecule has 2 unspecified atom stereocenters. The first-order valence-corrected chi connectivity index (χ1v) is 14.6. The lowest BCUT2D eigenvalue weighted by molar-refractivity contribution is -0.113. The standard InChI is InChI=1S/C13H19N10O13P3/c1-13(19-21-15,20-22-16)34-7-4-9(23-3-2-6-10(23)17-12(14)18-11(6)24)33-8(7)5-32-38(28,29)36-39(30,31)35-37(25,26)27/h2-3,7-9H,4-5H2,1H3,(H,28,29)(H,30,31)(H2,25,26,27)(H3,14,17,18,24)/t7-,8-,9-/m1/s1. The Kier molecular flexibility index (Phi) is 8.93. The van der Waals surface area contributed by atoms with Crippen molar-refractivity contribution in [3.63, 3.8) is 0 Å². The van der Waals surface area contributed by atoms with Crippen molar-refractivity contribution in [3.05, 3.63) is 43.5 Å². The number of hydrogen-bond acceptors (Lipinski definition) is 13. The summed E-state index contributed by atoms with van der Waals surface area (Å²) < 4.78 is 59.2. The highest BCUT2D eigenvalue weighted by Gasteiger charge is 2.45. The number of ether oxygens (including phenoxy) is 2. The van der Waals surface area contributed by atoms with Crippen LogP contribution in [0.2, 0.25) is 0 Å². The molecule has 26 heteroatoms. The third-order valence-corrected chi connectivity index (χ3v) is 8.55. The molecule has 1 fully saturated rings. The number of phosphoric acid groups is 3. The molecule has 0 spiro atoms. The van der Waals surface area contributed by atoms with E-state index >= 15 is 0 Å². The summed E-state index contributed by atoms with van der Waals surface area (Å²) in [4.78, 5) is 60.0. The molecular formula is C13H19N10O13P3. The summed E-state index contributed by atoms with van der Waals surface area (Å²) in [7, 11) is -17.0. The molecule has 2 aromatic heterocycles. The van der Waals surface area contributed by atoms with Gasteiger partial charge in [-0.2, -0.15) is 13.6 Å². The zero-order chi connectivity index (χ0) is 29.2. The highest BCUT2D eigenvalue weighted by molar-refractivity contribution is 7.66. The molecule has 39 heavy (non-hydrogen) atoms. The molecule has 0 amide bonds. The monoisotopic (exact) mass is 616 g/mol. The third kappa shape index (κ3) is 8.09. The van der Waals surface area contributed by atoms with E-state index in [2.05, 4.69) is 43.2 Å². The Labute approximate surface area is 215 Å². The summed E-state index contributed by atoms with van der Waals surface area (Å²) in [5, 5.41) is 6.65. The van der Waals surface area contributed by atoms with E-state index in [-0.39, 0.29) is 23.4 Å². The lowest BCUT2D eigenvalue weighted by Crippen LogP contribution is -2.36. The second kappa shape index (κ2) is 11.3. The highest BCUT2D eigenvalue weighted by Crippen LogP contribution is 2.66. The maximum absolute atomic E-state index is 12.2. The Bertz CT molecular complexity index is 1520. The molecule has 0 aromatic carbocycles. The maximum Gasteiger partial charge on any atom is 0.490 e. The number of anilines is 1. The average Bonchev–Trinajstić information content (AvgIpc) is 3.33. The topological polar surface area (TPSA) is 352 Å². The molecule has 214 valence electrons. The Morgan fingerprint density at radius 2 is 1.87 bits per heavy atom. The number of nitrogens with zero attached hydrogens (tertiary/aromatic N) is 8. The van der Waals surface area contributed by atoms with Gasteiger partial charge in [-0.05, 0) is 24.1 Å². The van der Waals surface area contributed by atoms with Crippen molar-refractivity contribution in [1.82, 2.24) is 14.5 Å². The minimum absolute atomic E-state index is 0.0707. The molecule has 1 aliphatic rings. The van der Waals surface area contributed by atoms with E-state index < -0.39 is 59.9 Å². The molecule has 1 saturated heterocycles. The van der Waals surface area contributed by atoms with Gasteiger partial charge in [0.2, 0.25) is 11.8 Å². The van der Waals surface area contributed by atoms with E-state index in [4.69, 9.17) is 36.1 Å². The number of fused-ring (bicyclic) bond motifs is 1. The van der Waals surface area contributed by atoms with Gasteiger partial charge in [-0.3, -0.25) is 14.3 Å². The van der Waals surface area contributed by atoms with Gasteiger partial charge in [0, 0.05) is 22.4 Å². The number of aromatic nitrogens is 3. The van der Waals surface area contributed by atoms with Crippen molar-refractivity contribution in [2.24, 2.45) is 10.2 Å². The summed E-state index contributed by atoms with van der Waals surface area (Å²) in [5.41, 5.74) is 22.7. The molecule has 0 aliphatic carbocycles. The second-order valence-corrected chi connectivity index (χ2v) is 12.1. The molecule has 3 heterocycles. The number of nitrogen functional groups attached to an aromatic ring is 1. The van der Waals surface area contributed by atoms with Crippen LogP contribution in [0.4, 0.5) is 5.95 Å². The van der Waals surface area contributed by atoms with Gasteiger partial charge >= 0.3 is 23.5 Å². The minimum atomic E-state index is -5.79. The van der Waals surface area contributed by atoms with Gasteiger partial charge in [0.15, 0.2) is 5.65 Å². The first-order chi connectivity index (χ1) is 18.0.